The van der Waals surface area contributed by atoms with E-state index in [1.807, 2.05) is 0 Å². The van der Waals surface area contributed by atoms with E-state index in [4.69, 9.17) is 0 Å². The van der Waals surface area contributed by atoms with Gasteiger partial charge in [-0.15, -0.1) is 11.8 Å². The van der Waals surface area contributed by atoms with Crippen molar-refractivity contribution in [2.45, 2.75) is 30.0 Å². The van der Waals surface area contributed by atoms with Gasteiger partial charge in [0.2, 0.25) is 5.91 Å². The number of thioether (sulfide) groups is 1. The lowest BCUT2D eigenvalue weighted by atomic mass is 10.1. The second-order valence-electron chi connectivity index (χ2n) is 5.41. The second kappa shape index (κ2) is 8.06. The lowest BCUT2D eigenvalue weighted by molar-refractivity contribution is -0.384. The van der Waals surface area contributed by atoms with Crippen molar-refractivity contribution in [3.8, 4) is 0 Å². The van der Waals surface area contributed by atoms with Gasteiger partial charge < -0.3 is 5.32 Å². The quantitative estimate of drug-likeness (QED) is 0.472. The van der Waals surface area contributed by atoms with Crippen LogP contribution < -0.4 is 5.32 Å². The molecule has 8 heteroatoms. The lowest BCUT2D eigenvalue weighted by Crippen LogP contribution is -2.33. The highest BCUT2D eigenvalue weighted by molar-refractivity contribution is 8.00. The highest BCUT2D eigenvalue weighted by atomic mass is 32.2. The molecule has 0 bridgehead atoms. The number of carbonyl (C=O) groups excluding carboxylic acids is 1. The fourth-order valence-electron chi connectivity index (χ4n) is 2.10. The van der Waals surface area contributed by atoms with Crippen LogP contribution in [0.4, 0.5) is 14.5 Å². The molecule has 2 unspecified atom stereocenters. The molecule has 5 nitrogen and oxygen atoms in total. The topological polar surface area (TPSA) is 72.2 Å². The number of rotatable bonds is 6. The SMILES string of the molecule is CC(Sc1ccc([N+](=O)[O-])cc1)C(=O)NC(C)c1ccc(F)c(F)c1. The molecule has 132 valence electrons. The van der Waals surface area contributed by atoms with Gasteiger partial charge >= 0.3 is 0 Å². The minimum Gasteiger partial charge on any atom is -0.349 e. The maximum absolute atomic E-state index is 13.3. The molecule has 0 aliphatic carbocycles. The zero-order valence-electron chi connectivity index (χ0n) is 13.5. The number of nitro groups is 1. The summed E-state index contributed by atoms with van der Waals surface area (Å²) >= 11 is 1.25. The van der Waals surface area contributed by atoms with E-state index in [-0.39, 0.29) is 11.6 Å². The van der Waals surface area contributed by atoms with Crippen LogP contribution in [0.1, 0.15) is 25.5 Å². The fourth-order valence-corrected chi connectivity index (χ4v) is 2.98. The highest BCUT2D eigenvalue weighted by Gasteiger charge is 2.18. The Morgan fingerprint density at radius 3 is 2.32 bits per heavy atom. The molecule has 1 N–H and O–H groups in total. The number of nitrogens with zero attached hydrogens (tertiary/aromatic N) is 1. The number of carbonyl (C=O) groups is 1. The van der Waals surface area contributed by atoms with Crippen molar-refractivity contribution in [2.24, 2.45) is 0 Å². The first-order valence-corrected chi connectivity index (χ1v) is 8.32. The first-order valence-electron chi connectivity index (χ1n) is 7.44. The van der Waals surface area contributed by atoms with Crippen LogP contribution in [0.3, 0.4) is 0 Å². The molecular weight excluding hydrogens is 350 g/mol. The molecule has 0 spiro atoms. The van der Waals surface area contributed by atoms with Gasteiger partial charge in [0.1, 0.15) is 0 Å². The molecule has 0 saturated heterocycles. The summed E-state index contributed by atoms with van der Waals surface area (Å²) in [7, 11) is 0. The van der Waals surface area contributed by atoms with Crippen LogP contribution in [0.5, 0.6) is 0 Å². The molecule has 0 aromatic heterocycles. The third kappa shape index (κ3) is 4.99. The average Bonchev–Trinajstić information content (AvgIpc) is 2.57. The molecule has 0 heterocycles. The third-order valence-corrected chi connectivity index (χ3v) is 4.64. The van der Waals surface area contributed by atoms with Crippen LogP contribution in [0.2, 0.25) is 0 Å². The van der Waals surface area contributed by atoms with Crippen LogP contribution in [-0.2, 0) is 4.79 Å². The van der Waals surface area contributed by atoms with Crippen molar-refractivity contribution in [3.63, 3.8) is 0 Å². The van der Waals surface area contributed by atoms with Crippen molar-refractivity contribution in [3.05, 3.63) is 69.8 Å². The summed E-state index contributed by atoms with van der Waals surface area (Å²) in [6.45, 7) is 3.37. The Morgan fingerprint density at radius 2 is 1.76 bits per heavy atom. The van der Waals surface area contributed by atoms with E-state index in [0.29, 0.717) is 10.5 Å². The summed E-state index contributed by atoms with van der Waals surface area (Å²) < 4.78 is 26.2. The van der Waals surface area contributed by atoms with E-state index < -0.39 is 27.8 Å². The van der Waals surface area contributed by atoms with Gasteiger partial charge in [0, 0.05) is 17.0 Å². The van der Waals surface area contributed by atoms with Crippen LogP contribution in [0, 0.1) is 21.7 Å². The molecule has 0 aliphatic rings. The van der Waals surface area contributed by atoms with E-state index in [2.05, 4.69) is 5.32 Å². The fraction of sp³-hybridized carbons (Fsp3) is 0.235. The van der Waals surface area contributed by atoms with Crippen molar-refractivity contribution in [1.29, 1.82) is 0 Å². The Bertz CT molecular complexity index is 784. The van der Waals surface area contributed by atoms with Gasteiger partial charge in [-0.3, -0.25) is 14.9 Å². The number of non-ortho nitro benzene ring substituents is 1. The number of hydrogen-bond acceptors (Lipinski definition) is 4. The molecule has 2 atom stereocenters. The highest BCUT2D eigenvalue weighted by Crippen LogP contribution is 2.26. The Morgan fingerprint density at radius 1 is 1.12 bits per heavy atom. The molecule has 0 fully saturated rings. The monoisotopic (exact) mass is 366 g/mol. The smallest absolute Gasteiger partial charge is 0.269 e. The van der Waals surface area contributed by atoms with Gasteiger partial charge in [0.15, 0.2) is 11.6 Å². The van der Waals surface area contributed by atoms with Crippen LogP contribution >= 0.6 is 11.8 Å². The number of nitro benzene ring substituents is 1. The van der Waals surface area contributed by atoms with Crippen LogP contribution in [0.25, 0.3) is 0 Å². The summed E-state index contributed by atoms with van der Waals surface area (Å²) in [6, 6.07) is 8.89. The number of amides is 1. The van der Waals surface area contributed by atoms with E-state index in [1.165, 1.54) is 30.0 Å². The Balaban J connectivity index is 1.97. The van der Waals surface area contributed by atoms with Crippen molar-refractivity contribution < 1.29 is 18.5 Å². The van der Waals surface area contributed by atoms with E-state index in [9.17, 15) is 23.7 Å². The maximum Gasteiger partial charge on any atom is 0.269 e. The number of halogens is 2. The van der Waals surface area contributed by atoms with Gasteiger partial charge in [0.25, 0.3) is 5.69 Å². The molecule has 25 heavy (non-hydrogen) atoms. The van der Waals surface area contributed by atoms with Gasteiger partial charge in [-0.2, -0.15) is 0 Å². The summed E-state index contributed by atoms with van der Waals surface area (Å²) in [6.07, 6.45) is 0. The molecule has 1 amide bonds. The number of benzene rings is 2. The second-order valence-corrected chi connectivity index (χ2v) is 6.83. The van der Waals surface area contributed by atoms with Gasteiger partial charge in [0.05, 0.1) is 16.2 Å². The summed E-state index contributed by atoms with van der Waals surface area (Å²) in [4.78, 5) is 23.1. The molecule has 2 aromatic carbocycles. The molecule has 0 radical (unpaired) electrons. The van der Waals surface area contributed by atoms with Crippen molar-refractivity contribution in [1.82, 2.24) is 5.32 Å². The summed E-state index contributed by atoms with van der Waals surface area (Å²) in [5.74, 6) is -2.18. The Kier molecular flexibility index (Phi) is 6.08. The summed E-state index contributed by atoms with van der Waals surface area (Å²) in [5.41, 5.74) is 0.438. The molecular formula is C17H16F2N2O3S. The minimum absolute atomic E-state index is 0.0200. The summed E-state index contributed by atoms with van der Waals surface area (Å²) in [5, 5.41) is 12.9. The third-order valence-electron chi connectivity index (χ3n) is 3.53. The average molecular weight is 366 g/mol. The van der Waals surface area contributed by atoms with Crippen LogP contribution in [0.15, 0.2) is 47.4 Å². The maximum atomic E-state index is 13.3. The van der Waals surface area contributed by atoms with Gasteiger partial charge in [-0.1, -0.05) is 6.07 Å². The zero-order valence-corrected chi connectivity index (χ0v) is 14.3. The van der Waals surface area contributed by atoms with Crippen molar-refractivity contribution in [2.75, 3.05) is 0 Å². The number of nitrogens with one attached hydrogen (secondary N) is 1. The molecule has 0 aliphatic heterocycles. The lowest BCUT2D eigenvalue weighted by Gasteiger charge is -2.18. The largest absolute Gasteiger partial charge is 0.349 e. The normalized spacial score (nSPS) is 13.1. The van der Waals surface area contributed by atoms with Gasteiger partial charge in [-0.25, -0.2) is 8.78 Å². The predicted molar refractivity (Wildman–Crippen MR) is 91.3 cm³/mol. The first kappa shape index (κ1) is 18.9. The Hall–Kier alpha value is -2.48. The molecule has 2 rings (SSSR count). The zero-order chi connectivity index (χ0) is 18.6. The standard InChI is InChI=1S/C17H16F2N2O3S/c1-10(12-3-8-15(18)16(19)9-12)20-17(22)11(2)25-14-6-4-13(5-7-14)21(23)24/h3-11H,1-2H3,(H,20,22). The van der Waals surface area contributed by atoms with Gasteiger partial charge in [-0.05, 0) is 43.7 Å². The van der Waals surface area contributed by atoms with Crippen molar-refractivity contribution >= 4 is 23.4 Å². The number of hydrogen-bond donors (Lipinski definition) is 1. The predicted octanol–water partition coefficient (Wildman–Crippen LogP) is 4.23. The molecule has 2 aromatic rings. The Labute approximate surface area is 147 Å². The van der Waals surface area contributed by atoms with E-state index in [0.717, 1.165) is 12.1 Å². The van der Waals surface area contributed by atoms with E-state index in [1.54, 1.807) is 26.0 Å². The molecule has 0 saturated carbocycles. The minimum atomic E-state index is -0.966. The van der Waals surface area contributed by atoms with Crippen LogP contribution in [-0.4, -0.2) is 16.1 Å². The first-order chi connectivity index (χ1) is 11.8. The van der Waals surface area contributed by atoms with E-state index >= 15 is 0 Å².